The van der Waals surface area contributed by atoms with E-state index < -0.39 is 0 Å². The second-order valence-electron chi connectivity index (χ2n) is 5.98. The molecule has 4 aromatic rings. The Bertz CT molecular complexity index is 1110. The van der Waals surface area contributed by atoms with Gasteiger partial charge in [-0.2, -0.15) is 0 Å². The smallest absolute Gasteiger partial charge is 0.134 e. The largest absolute Gasteiger partial charge is 0.507 e. The zero-order valence-corrected chi connectivity index (χ0v) is 14.7. The summed E-state index contributed by atoms with van der Waals surface area (Å²) in [5, 5.41) is 43.0. The fourth-order valence-electron chi connectivity index (χ4n) is 3.06. The lowest BCUT2D eigenvalue weighted by Gasteiger charge is -2.12. The Kier molecular flexibility index (Phi) is 3.75. The maximum absolute atomic E-state index is 10.5. The Morgan fingerprint density at radius 3 is 1.27 bits per heavy atom. The van der Waals surface area contributed by atoms with E-state index in [0.717, 1.165) is 0 Å². The topological polar surface area (TPSA) is 80.9 Å². The van der Waals surface area contributed by atoms with Crippen LogP contribution in [-0.4, -0.2) is 20.4 Å². The minimum Gasteiger partial charge on any atom is -0.507 e. The van der Waals surface area contributed by atoms with Crippen molar-refractivity contribution in [2.45, 2.75) is 0 Å². The predicted molar refractivity (Wildman–Crippen MR) is 104 cm³/mol. The number of benzene rings is 4. The number of halogens is 2. The third kappa shape index (κ3) is 2.46. The van der Waals surface area contributed by atoms with E-state index in [0.29, 0.717) is 32.7 Å². The van der Waals surface area contributed by atoms with Crippen molar-refractivity contribution in [2.24, 2.45) is 0 Å². The molecular formula is C20H12Cl2O4. The molecule has 0 aliphatic rings. The molecule has 4 rings (SSSR count). The van der Waals surface area contributed by atoms with E-state index in [1.807, 2.05) is 0 Å². The van der Waals surface area contributed by atoms with Crippen LogP contribution >= 0.6 is 23.2 Å². The zero-order chi connectivity index (χ0) is 18.6. The predicted octanol–water partition coefficient (Wildman–Crippen LogP) is 5.79. The molecule has 0 aliphatic heterocycles. The fraction of sp³-hybridized carbons (Fsp3) is 0. The van der Waals surface area contributed by atoms with Crippen molar-refractivity contribution in [3.63, 3.8) is 0 Å². The van der Waals surface area contributed by atoms with Gasteiger partial charge in [0.1, 0.15) is 23.0 Å². The fourth-order valence-corrected chi connectivity index (χ4v) is 3.51. The van der Waals surface area contributed by atoms with Gasteiger partial charge in [0, 0.05) is 21.9 Å². The molecule has 4 aromatic carbocycles. The van der Waals surface area contributed by atoms with Crippen LogP contribution in [0.15, 0.2) is 48.5 Å². The zero-order valence-electron chi connectivity index (χ0n) is 13.2. The third-order valence-corrected chi connectivity index (χ3v) is 5.18. The van der Waals surface area contributed by atoms with E-state index in [-0.39, 0.29) is 33.0 Å². The van der Waals surface area contributed by atoms with Gasteiger partial charge in [-0.15, -0.1) is 0 Å². The Labute approximate surface area is 158 Å². The lowest BCUT2D eigenvalue weighted by molar-refractivity contribution is 0.469. The summed E-state index contributed by atoms with van der Waals surface area (Å²) in [5.41, 5.74) is 0.811. The van der Waals surface area contributed by atoms with Crippen molar-refractivity contribution in [3.8, 4) is 34.1 Å². The molecule has 0 bridgehead atoms. The normalized spacial score (nSPS) is 11.3. The van der Waals surface area contributed by atoms with Gasteiger partial charge in [-0.05, 0) is 47.2 Å². The first-order valence-electron chi connectivity index (χ1n) is 7.65. The van der Waals surface area contributed by atoms with E-state index in [9.17, 15) is 20.4 Å². The maximum atomic E-state index is 10.5. The Balaban J connectivity index is 2.00. The van der Waals surface area contributed by atoms with Crippen LogP contribution in [0.1, 0.15) is 0 Å². The van der Waals surface area contributed by atoms with Gasteiger partial charge in [-0.1, -0.05) is 35.3 Å². The number of hydrogen-bond acceptors (Lipinski definition) is 4. The molecule has 0 aliphatic carbocycles. The van der Waals surface area contributed by atoms with E-state index in [1.54, 1.807) is 24.3 Å². The van der Waals surface area contributed by atoms with E-state index in [1.165, 1.54) is 24.3 Å². The average molecular weight is 387 g/mol. The minimum atomic E-state index is -0.0930. The Hall–Kier alpha value is -2.82. The summed E-state index contributed by atoms with van der Waals surface area (Å²) in [6.07, 6.45) is 0. The lowest BCUT2D eigenvalue weighted by Crippen LogP contribution is -1.85. The van der Waals surface area contributed by atoms with Crippen molar-refractivity contribution in [1.82, 2.24) is 0 Å². The summed E-state index contributed by atoms with van der Waals surface area (Å²) in [6, 6.07) is 12.5. The first-order valence-corrected chi connectivity index (χ1v) is 8.41. The molecule has 0 atom stereocenters. The number of phenolic OH excluding ortho intramolecular Hbond substituents is 4. The maximum Gasteiger partial charge on any atom is 0.134 e. The molecule has 0 saturated heterocycles. The van der Waals surface area contributed by atoms with Crippen LogP contribution in [0.2, 0.25) is 10.0 Å². The first-order chi connectivity index (χ1) is 12.4. The Morgan fingerprint density at radius 1 is 0.500 bits per heavy atom. The molecule has 26 heavy (non-hydrogen) atoms. The summed E-state index contributed by atoms with van der Waals surface area (Å²) >= 11 is 12.2. The first kappa shape index (κ1) is 16.6. The highest BCUT2D eigenvalue weighted by Crippen LogP contribution is 2.44. The van der Waals surface area contributed by atoms with Crippen LogP contribution < -0.4 is 0 Å². The third-order valence-electron chi connectivity index (χ3n) is 4.39. The number of rotatable bonds is 1. The standard InChI is InChI=1S/C20H12Cl2O4/c21-19-11-7-17(25)13(5-9(11)1-3-15(19)23)14-6-10-2-4-16(24)20(22)12(10)8-18(14)26/h1-8,23-26H. The minimum absolute atomic E-state index is 0.0747. The highest BCUT2D eigenvalue weighted by atomic mass is 35.5. The highest BCUT2D eigenvalue weighted by molar-refractivity contribution is 6.37. The van der Waals surface area contributed by atoms with Crippen molar-refractivity contribution in [3.05, 3.63) is 58.6 Å². The summed E-state index contributed by atoms with van der Waals surface area (Å²) in [5.74, 6) is -0.335. The quantitative estimate of drug-likeness (QED) is 0.333. The van der Waals surface area contributed by atoms with Crippen molar-refractivity contribution in [1.29, 1.82) is 0 Å². The molecular weight excluding hydrogens is 375 g/mol. The summed E-state index contributed by atoms with van der Waals surface area (Å²) in [7, 11) is 0. The summed E-state index contributed by atoms with van der Waals surface area (Å²) in [4.78, 5) is 0. The van der Waals surface area contributed by atoms with Gasteiger partial charge in [-0.25, -0.2) is 0 Å². The second kappa shape index (κ2) is 5.87. The van der Waals surface area contributed by atoms with Gasteiger partial charge < -0.3 is 20.4 Å². The number of phenols is 4. The summed E-state index contributed by atoms with van der Waals surface area (Å²) < 4.78 is 0. The molecule has 4 N–H and O–H groups in total. The van der Waals surface area contributed by atoms with Crippen LogP contribution in [0.25, 0.3) is 32.7 Å². The SMILES string of the molecule is Oc1cc2c(Cl)c(O)ccc2cc1-c1cc2ccc(O)c(Cl)c2cc1O. The average Bonchev–Trinajstić information content (AvgIpc) is 2.62. The molecule has 130 valence electrons. The molecule has 0 saturated carbocycles. The van der Waals surface area contributed by atoms with Crippen LogP contribution in [-0.2, 0) is 0 Å². The van der Waals surface area contributed by atoms with Crippen LogP contribution in [0.4, 0.5) is 0 Å². The number of fused-ring (bicyclic) bond motifs is 2. The van der Waals surface area contributed by atoms with Gasteiger partial charge in [0.05, 0.1) is 10.0 Å². The van der Waals surface area contributed by atoms with Gasteiger partial charge >= 0.3 is 0 Å². The van der Waals surface area contributed by atoms with E-state index in [2.05, 4.69) is 0 Å². The van der Waals surface area contributed by atoms with Crippen molar-refractivity contribution < 1.29 is 20.4 Å². The molecule has 0 aromatic heterocycles. The highest BCUT2D eigenvalue weighted by Gasteiger charge is 2.16. The van der Waals surface area contributed by atoms with E-state index in [4.69, 9.17) is 23.2 Å². The molecule has 0 fully saturated rings. The number of aromatic hydroxyl groups is 4. The van der Waals surface area contributed by atoms with Crippen molar-refractivity contribution >= 4 is 44.7 Å². The number of hydrogen-bond donors (Lipinski definition) is 4. The molecule has 0 radical (unpaired) electrons. The molecule has 0 unspecified atom stereocenters. The van der Waals surface area contributed by atoms with Gasteiger partial charge in [0.25, 0.3) is 0 Å². The summed E-state index contributed by atoms with van der Waals surface area (Å²) in [6.45, 7) is 0. The molecule has 0 heterocycles. The molecule has 0 spiro atoms. The van der Waals surface area contributed by atoms with Crippen LogP contribution in [0.5, 0.6) is 23.0 Å². The molecule has 6 heteroatoms. The van der Waals surface area contributed by atoms with Gasteiger partial charge in [-0.3, -0.25) is 0 Å². The lowest BCUT2D eigenvalue weighted by atomic mass is 9.96. The van der Waals surface area contributed by atoms with Crippen LogP contribution in [0.3, 0.4) is 0 Å². The Morgan fingerprint density at radius 2 is 0.885 bits per heavy atom. The van der Waals surface area contributed by atoms with Crippen molar-refractivity contribution in [2.75, 3.05) is 0 Å². The van der Waals surface area contributed by atoms with E-state index >= 15 is 0 Å². The molecule has 0 amide bonds. The monoisotopic (exact) mass is 386 g/mol. The van der Waals surface area contributed by atoms with Gasteiger partial charge in [0.2, 0.25) is 0 Å². The van der Waals surface area contributed by atoms with Gasteiger partial charge in [0.15, 0.2) is 0 Å². The molecule has 4 nitrogen and oxygen atoms in total. The second-order valence-corrected chi connectivity index (χ2v) is 6.73. The van der Waals surface area contributed by atoms with Crippen LogP contribution in [0, 0.1) is 0 Å².